The summed E-state index contributed by atoms with van der Waals surface area (Å²) in [5.41, 5.74) is -0.00157. The summed E-state index contributed by atoms with van der Waals surface area (Å²) in [6.45, 7) is 1.50. The predicted molar refractivity (Wildman–Crippen MR) is 69.4 cm³/mol. The Morgan fingerprint density at radius 2 is 2.33 bits per heavy atom. The van der Waals surface area contributed by atoms with Crippen molar-refractivity contribution >= 4 is 17.5 Å². The maximum atomic E-state index is 13.6. The van der Waals surface area contributed by atoms with Crippen LogP contribution in [0.1, 0.15) is 29.6 Å². The summed E-state index contributed by atoms with van der Waals surface area (Å²) in [5.74, 6) is -1.07. The molecule has 1 heterocycles. The molecular formula is C13H16ClFN2O. The van der Waals surface area contributed by atoms with Crippen LogP contribution < -0.4 is 10.6 Å². The van der Waals surface area contributed by atoms with Gasteiger partial charge in [0.25, 0.3) is 5.91 Å². The lowest BCUT2D eigenvalue weighted by Gasteiger charge is -2.23. The van der Waals surface area contributed by atoms with Gasteiger partial charge in [0.15, 0.2) is 5.82 Å². The molecule has 0 aromatic heterocycles. The molecule has 1 unspecified atom stereocenters. The van der Waals surface area contributed by atoms with Gasteiger partial charge in [-0.1, -0.05) is 24.1 Å². The van der Waals surface area contributed by atoms with Crippen molar-refractivity contribution in [3.05, 3.63) is 34.6 Å². The lowest BCUT2D eigenvalue weighted by Crippen LogP contribution is -2.43. The van der Waals surface area contributed by atoms with Crippen molar-refractivity contribution in [2.45, 2.75) is 25.3 Å². The maximum Gasteiger partial charge on any atom is 0.254 e. The normalized spacial score (nSPS) is 19.6. The number of hydrogen-bond donors (Lipinski definition) is 2. The highest BCUT2D eigenvalue weighted by Crippen LogP contribution is 2.17. The molecule has 18 heavy (non-hydrogen) atoms. The number of rotatable bonds is 3. The number of carbonyl (C=O) groups excluding carboxylic acids is 1. The molecule has 5 heteroatoms. The van der Waals surface area contributed by atoms with Crippen LogP contribution in [-0.2, 0) is 0 Å². The first-order valence-corrected chi connectivity index (χ1v) is 6.52. The number of benzene rings is 1. The Bertz CT molecular complexity index is 433. The van der Waals surface area contributed by atoms with E-state index in [1.54, 1.807) is 6.07 Å². The largest absolute Gasteiger partial charge is 0.350 e. The third-order valence-electron chi connectivity index (χ3n) is 3.12. The minimum absolute atomic E-state index is 0.00157. The molecule has 1 fully saturated rings. The van der Waals surface area contributed by atoms with Gasteiger partial charge in [-0.05, 0) is 31.5 Å². The van der Waals surface area contributed by atoms with E-state index < -0.39 is 11.7 Å². The van der Waals surface area contributed by atoms with Crippen LogP contribution in [0.15, 0.2) is 18.2 Å². The van der Waals surface area contributed by atoms with E-state index in [2.05, 4.69) is 10.6 Å². The fourth-order valence-electron chi connectivity index (χ4n) is 2.09. The first-order chi connectivity index (χ1) is 8.68. The number of halogens is 2. The number of carbonyl (C=O) groups is 1. The Morgan fingerprint density at radius 1 is 1.50 bits per heavy atom. The van der Waals surface area contributed by atoms with Crippen molar-refractivity contribution in [2.24, 2.45) is 0 Å². The van der Waals surface area contributed by atoms with Crippen molar-refractivity contribution in [2.75, 3.05) is 13.1 Å². The van der Waals surface area contributed by atoms with Crippen molar-refractivity contribution in [1.82, 2.24) is 10.6 Å². The number of hydrogen-bond acceptors (Lipinski definition) is 2. The molecule has 1 aliphatic heterocycles. The van der Waals surface area contributed by atoms with E-state index in [-0.39, 0.29) is 16.6 Å². The zero-order valence-corrected chi connectivity index (χ0v) is 10.8. The molecule has 1 atom stereocenters. The smallest absolute Gasteiger partial charge is 0.254 e. The second-order valence-corrected chi connectivity index (χ2v) is 4.87. The number of amides is 1. The minimum atomic E-state index is -0.659. The molecule has 3 nitrogen and oxygen atoms in total. The highest BCUT2D eigenvalue weighted by Gasteiger charge is 2.17. The van der Waals surface area contributed by atoms with Crippen molar-refractivity contribution in [1.29, 1.82) is 0 Å². The van der Waals surface area contributed by atoms with Gasteiger partial charge in [0, 0.05) is 12.6 Å². The van der Waals surface area contributed by atoms with Crippen LogP contribution in [0.2, 0.25) is 5.02 Å². The monoisotopic (exact) mass is 270 g/mol. The first-order valence-electron chi connectivity index (χ1n) is 6.14. The second kappa shape index (κ2) is 6.16. The Labute approximate surface area is 111 Å². The van der Waals surface area contributed by atoms with Gasteiger partial charge >= 0.3 is 0 Å². The van der Waals surface area contributed by atoms with Gasteiger partial charge < -0.3 is 10.6 Å². The van der Waals surface area contributed by atoms with Crippen LogP contribution >= 0.6 is 11.6 Å². The average molecular weight is 271 g/mol. The average Bonchev–Trinajstić information content (AvgIpc) is 2.40. The van der Waals surface area contributed by atoms with Gasteiger partial charge in [-0.2, -0.15) is 0 Å². The van der Waals surface area contributed by atoms with E-state index in [0.29, 0.717) is 6.54 Å². The van der Waals surface area contributed by atoms with Crippen LogP contribution in [0.3, 0.4) is 0 Å². The SMILES string of the molecule is O=C(NCC1CCCCN1)c1cccc(Cl)c1F. The summed E-state index contributed by atoms with van der Waals surface area (Å²) in [5, 5.41) is 6.02. The fraction of sp³-hybridized carbons (Fsp3) is 0.462. The van der Waals surface area contributed by atoms with Crippen LogP contribution in [0.25, 0.3) is 0 Å². The molecule has 0 aliphatic carbocycles. The fourth-order valence-corrected chi connectivity index (χ4v) is 2.26. The Hall–Kier alpha value is -1.13. The molecule has 0 spiro atoms. The molecule has 1 amide bonds. The quantitative estimate of drug-likeness (QED) is 0.885. The van der Waals surface area contributed by atoms with Gasteiger partial charge in [-0.3, -0.25) is 4.79 Å². The molecule has 2 N–H and O–H groups in total. The Kier molecular flexibility index (Phi) is 4.55. The van der Waals surface area contributed by atoms with Gasteiger partial charge in [0.1, 0.15) is 0 Å². The highest BCUT2D eigenvalue weighted by molar-refractivity contribution is 6.31. The number of nitrogens with one attached hydrogen (secondary N) is 2. The van der Waals surface area contributed by atoms with Gasteiger partial charge in [-0.25, -0.2) is 4.39 Å². The molecule has 2 rings (SSSR count). The predicted octanol–water partition coefficient (Wildman–Crippen LogP) is 2.35. The van der Waals surface area contributed by atoms with Crippen molar-refractivity contribution in [3.63, 3.8) is 0 Å². The summed E-state index contributed by atoms with van der Waals surface area (Å²) in [6, 6.07) is 4.71. The molecule has 98 valence electrons. The molecule has 0 radical (unpaired) electrons. The van der Waals surface area contributed by atoms with Crippen LogP contribution in [0.5, 0.6) is 0 Å². The third kappa shape index (κ3) is 3.21. The summed E-state index contributed by atoms with van der Waals surface area (Å²) < 4.78 is 13.6. The molecule has 1 aromatic carbocycles. The summed E-state index contributed by atoms with van der Waals surface area (Å²) in [7, 11) is 0. The van der Waals surface area contributed by atoms with Gasteiger partial charge in [0.05, 0.1) is 10.6 Å². The minimum Gasteiger partial charge on any atom is -0.350 e. The zero-order chi connectivity index (χ0) is 13.0. The zero-order valence-electron chi connectivity index (χ0n) is 10.0. The molecular weight excluding hydrogens is 255 g/mol. The maximum absolute atomic E-state index is 13.6. The van der Waals surface area contributed by atoms with Gasteiger partial charge in [-0.15, -0.1) is 0 Å². The lowest BCUT2D eigenvalue weighted by molar-refractivity contribution is 0.0943. The summed E-state index contributed by atoms with van der Waals surface area (Å²) in [6.07, 6.45) is 3.38. The third-order valence-corrected chi connectivity index (χ3v) is 3.41. The molecule has 1 aromatic rings. The van der Waals surface area contributed by atoms with E-state index in [1.807, 2.05) is 0 Å². The van der Waals surface area contributed by atoms with Crippen LogP contribution in [-0.4, -0.2) is 25.0 Å². The lowest BCUT2D eigenvalue weighted by atomic mass is 10.0. The Balaban J connectivity index is 1.93. The Morgan fingerprint density at radius 3 is 3.06 bits per heavy atom. The molecule has 1 saturated heterocycles. The number of piperidine rings is 1. The van der Waals surface area contributed by atoms with E-state index >= 15 is 0 Å². The standard InChI is InChI=1S/C13H16ClFN2O/c14-11-6-3-5-10(12(11)15)13(18)17-8-9-4-1-2-7-16-9/h3,5-6,9,16H,1-2,4,7-8H2,(H,17,18). The second-order valence-electron chi connectivity index (χ2n) is 4.46. The van der Waals surface area contributed by atoms with Crippen molar-refractivity contribution in [3.8, 4) is 0 Å². The summed E-state index contributed by atoms with van der Waals surface area (Å²) >= 11 is 5.64. The van der Waals surface area contributed by atoms with E-state index in [4.69, 9.17) is 11.6 Å². The van der Waals surface area contributed by atoms with Gasteiger partial charge in [0.2, 0.25) is 0 Å². The highest BCUT2D eigenvalue weighted by atomic mass is 35.5. The topological polar surface area (TPSA) is 41.1 Å². The molecule has 0 bridgehead atoms. The van der Waals surface area contributed by atoms with E-state index in [1.165, 1.54) is 25.0 Å². The van der Waals surface area contributed by atoms with E-state index in [0.717, 1.165) is 13.0 Å². The van der Waals surface area contributed by atoms with Crippen LogP contribution in [0.4, 0.5) is 4.39 Å². The van der Waals surface area contributed by atoms with Crippen LogP contribution in [0, 0.1) is 5.82 Å². The molecule has 0 saturated carbocycles. The van der Waals surface area contributed by atoms with E-state index in [9.17, 15) is 9.18 Å². The summed E-state index contributed by atoms with van der Waals surface area (Å²) in [4.78, 5) is 11.8. The first kappa shape index (κ1) is 13.3. The molecule has 1 aliphatic rings. The van der Waals surface area contributed by atoms with Crippen molar-refractivity contribution < 1.29 is 9.18 Å².